The third-order valence-electron chi connectivity index (χ3n) is 2.76. The molecule has 1 heterocycles. The lowest BCUT2D eigenvalue weighted by Gasteiger charge is -2.05. The van der Waals surface area contributed by atoms with E-state index in [1.54, 1.807) is 12.1 Å². The Labute approximate surface area is 116 Å². The van der Waals surface area contributed by atoms with Crippen LogP contribution in [0.4, 0.5) is 0 Å². The Kier molecular flexibility index (Phi) is 4.44. The summed E-state index contributed by atoms with van der Waals surface area (Å²) < 4.78 is 1.43. The van der Waals surface area contributed by atoms with Crippen molar-refractivity contribution in [3.63, 3.8) is 0 Å². The number of carboxylic acid groups (broad SMARTS) is 1. The number of hydrogen-bond acceptors (Lipinski definition) is 3. The first-order valence-electron chi connectivity index (χ1n) is 6.16. The second-order valence-corrected chi connectivity index (χ2v) is 4.30. The van der Waals surface area contributed by atoms with E-state index in [2.05, 4.69) is 5.32 Å². The van der Waals surface area contributed by atoms with E-state index in [0.717, 1.165) is 5.56 Å². The van der Waals surface area contributed by atoms with Crippen molar-refractivity contribution in [1.82, 2.24) is 5.32 Å². The van der Waals surface area contributed by atoms with Gasteiger partial charge in [-0.15, -0.1) is 0 Å². The number of carbonyl (C=O) groups excluding carboxylic acids is 2. The number of aromatic nitrogens is 1. The van der Waals surface area contributed by atoms with E-state index in [4.69, 9.17) is 0 Å². The van der Waals surface area contributed by atoms with Crippen LogP contribution in [0.5, 0.6) is 0 Å². The first-order valence-corrected chi connectivity index (χ1v) is 6.16. The molecule has 0 aliphatic carbocycles. The highest BCUT2D eigenvalue weighted by Gasteiger charge is 2.08. The highest BCUT2D eigenvalue weighted by Crippen LogP contribution is 2.00. The van der Waals surface area contributed by atoms with Crippen LogP contribution in [0.1, 0.15) is 15.9 Å². The summed E-state index contributed by atoms with van der Waals surface area (Å²) in [6, 6.07) is 12.7. The molecule has 1 aromatic carbocycles. The molecule has 1 aromatic heterocycles. The molecule has 2 aromatic rings. The maximum atomic E-state index is 11.9. The Balaban J connectivity index is 1.94. The number of amides is 1. The van der Waals surface area contributed by atoms with E-state index in [0.29, 0.717) is 12.1 Å². The van der Waals surface area contributed by atoms with Crippen LogP contribution in [0.15, 0.2) is 54.9 Å². The Morgan fingerprint density at radius 2 is 1.70 bits per heavy atom. The molecule has 20 heavy (non-hydrogen) atoms. The van der Waals surface area contributed by atoms with Gasteiger partial charge in [-0.3, -0.25) is 4.79 Å². The highest BCUT2D eigenvalue weighted by atomic mass is 16.4. The zero-order chi connectivity index (χ0) is 14.4. The SMILES string of the molecule is O=C([O-])C[n+]1ccc(C(=O)NCc2ccccc2)cc1. The van der Waals surface area contributed by atoms with Crippen molar-refractivity contribution in [2.75, 3.05) is 0 Å². The lowest BCUT2D eigenvalue weighted by molar-refractivity contribution is -0.690. The summed E-state index contributed by atoms with van der Waals surface area (Å²) in [5.41, 5.74) is 1.50. The Morgan fingerprint density at radius 1 is 1.05 bits per heavy atom. The number of pyridine rings is 1. The van der Waals surface area contributed by atoms with Gasteiger partial charge in [-0.05, 0) is 5.56 Å². The van der Waals surface area contributed by atoms with Crippen LogP contribution in [0.2, 0.25) is 0 Å². The zero-order valence-electron chi connectivity index (χ0n) is 10.8. The molecule has 0 fully saturated rings. The zero-order valence-corrected chi connectivity index (χ0v) is 10.8. The Morgan fingerprint density at radius 3 is 2.30 bits per heavy atom. The van der Waals surface area contributed by atoms with Crippen molar-refractivity contribution in [3.8, 4) is 0 Å². The fraction of sp³-hybridized carbons (Fsp3) is 0.133. The van der Waals surface area contributed by atoms with Gasteiger partial charge in [-0.2, -0.15) is 4.57 Å². The minimum atomic E-state index is -1.17. The summed E-state index contributed by atoms with van der Waals surface area (Å²) in [7, 11) is 0. The number of nitrogens with zero attached hydrogens (tertiary/aromatic N) is 1. The Bertz CT molecular complexity index is 594. The van der Waals surface area contributed by atoms with E-state index >= 15 is 0 Å². The monoisotopic (exact) mass is 270 g/mol. The fourth-order valence-corrected chi connectivity index (χ4v) is 1.74. The molecular formula is C15H14N2O3. The number of carboxylic acids is 1. The quantitative estimate of drug-likeness (QED) is 0.755. The lowest BCUT2D eigenvalue weighted by atomic mass is 10.2. The average Bonchev–Trinajstić information content (AvgIpc) is 2.46. The van der Waals surface area contributed by atoms with Gasteiger partial charge in [0.1, 0.15) is 5.97 Å². The summed E-state index contributed by atoms with van der Waals surface area (Å²) in [5.74, 6) is -1.37. The van der Waals surface area contributed by atoms with Crippen molar-refractivity contribution in [3.05, 3.63) is 66.0 Å². The van der Waals surface area contributed by atoms with Crippen LogP contribution in [-0.4, -0.2) is 11.9 Å². The standard InChI is InChI=1S/C15H14N2O3/c18-14(19)11-17-8-6-13(7-9-17)15(20)16-10-12-4-2-1-3-5-12/h1-9H,10-11H2,(H-,16,18,19,20). The maximum absolute atomic E-state index is 11.9. The normalized spacial score (nSPS) is 10.0. The molecule has 0 aliphatic heterocycles. The number of aliphatic carboxylic acids is 1. The van der Waals surface area contributed by atoms with Crippen LogP contribution in [-0.2, 0) is 17.9 Å². The molecule has 0 atom stereocenters. The van der Waals surface area contributed by atoms with Crippen molar-refractivity contribution < 1.29 is 19.3 Å². The van der Waals surface area contributed by atoms with Gasteiger partial charge in [0, 0.05) is 18.7 Å². The maximum Gasteiger partial charge on any atom is 0.252 e. The fourth-order valence-electron chi connectivity index (χ4n) is 1.74. The molecular weight excluding hydrogens is 256 g/mol. The van der Waals surface area contributed by atoms with E-state index in [-0.39, 0.29) is 12.5 Å². The molecule has 0 spiro atoms. The molecule has 1 N–H and O–H groups in total. The van der Waals surface area contributed by atoms with E-state index in [1.807, 2.05) is 30.3 Å². The summed E-state index contributed by atoms with van der Waals surface area (Å²) in [6.07, 6.45) is 3.07. The van der Waals surface area contributed by atoms with Gasteiger partial charge < -0.3 is 15.2 Å². The predicted molar refractivity (Wildman–Crippen MR) is 69.3 cm³/mol. The first-order chi connectivity index (χ1) is 9.65. The number of nitrogens with one attached hydrogen (secondary N) is 1. The topological polar surface area (TPSA) is 73.1 Å². The lowest BCUT2D eigenvalue weighted by Crippen LogP contribution is -2.43. The molecule has 0 saturated carbocycles. The smallest absolute Gasteiger partial charge is 0.252 e. The summed E-state index contributed by atoms with van der Waals surface area (Å²) in [5, 5.41) is 13.2. The van der Waals surface area contributed by atoms with E-state index < -0.39 is 5.97 Å². The number of hydrogen-bond donors (Lipinski definition) is 1. The minimum absolute atomic E-state index is 0.200. The third kappa shape index (κ3) is 3.91. The summed E-state index contributed by atoms with van der Waals surface area (Å²) >= 11 is 0. The minimum Gasteiger partial charge on any atom is -0.544 e. The second kappa shape index (κ2) is 6.47. The summed E-state index contributed by atoms with van der Waals surface area (Å²) in [4.78, 5) is 22.3. The van der Waals surface area contributed by atoms with Crippen LogP contribution >= 0.6 is 0 Å². The van der Waals surface area contributed by atoms with Crippen molar-refractivity contribution in [2.24, 2.45) is 0 Å². The number of benzene rings is 1. The second-order valence-electron chi connectivity index (χ2n) is 4.30. The molecule has 0 aliphatic rings. The molecule has 0 saturated heterocycles. The molecule has 0 bridgehead atoms. The van der Waals surface area contributed by atoms with Crippen LogP contribution in [0, 0.1) is 0 Å². The molecule has 1 amide bonds. The van der Waals surface area contributed by atoms with Crippen LogP contribution < -0.4 is 15.0 Å². The van der Waals surface area contributed by atoms with Gasteiger partial charge in [-0.1, -0.05) is 30.3 Å². The van der Waals surface area contributed by atoms with Crippen molar-refractivity contribution >= 4 is 11.9 Å². The van der Waals surface area contributed by atoms with Crippen LogP contribution in [0.25, 0.3) is 0 Å². The number of carbonyl (C=O) groups is 2. The number of rotatable bonds is 5. The predicted octanol–water partition coefficient (Wildman–Crippen LogP) is -0.346. The van der Waals surface area contributed by atoms with Crippen molar-refractivity contribution in [2.45, 2.75) is 13.1 Å². The molecule has 0 radical (unpaired) electrons. The van der Waals surface area contributed by atoms with Gasteiger partial charge in [0.25, 0.3) is 5.91 Å². The van der Waals surface area contributed by atoms with E-state index in [1.165, 1.54) is 17.0 Å². The van der Waals surface area contributed by atoms with Crippen molar-refractivity contribution in [1.29, 1.82) is 0 Å². The first kappa shape index (κ1) is 13.7. The van der Waals surface area contributed by atoms with Crippen LogP contribution in [0.3, 0.4) is 0 Å². The third-order valence-corrected chi connectivity index (χ3v) is 2.76. The van der Waals surface area contributed by atoms with E-state index in [9.17, 15) is 14.7 Å². The molecule has 2 rings (SSSR count). The highest BCUT2D eigenvalue weighted by molar-refractivity contribution is 5.93. The molecule has 5 nitrogen and oxygen atoms in total. The van der Waals surface area contributed by atoms with Gasteiger partial charge in [0.15, 0.2) is 18.9 Å². The largest absolute Gasteiger partial charge is 0.544 e. The Hall–Kier alpha value is -2.69. The molecule has 0 unspecified atom stereocenters. The molecule has 102 valence electrons. The van der Waals surface area contributed by atoms with Gasteiger partial charge in [-0.25, -0.2) is 0 Å². The molecule has 5 heteroatoms. The average molecular weight is 270 g/mol. The van der Waals surface area contributed by atoms with Gasteiger partial charge in [0.2, 0.25) is 0 Å². The van der Waals surface area contributed by atoms with Gasteiger partial charge in [0.05, 0.1) is 5.56 Å². The summed E-state index contributed by atoms with van der Waals surface area (Å²) in [6.45, 7) is 0.222. The van der Waals surface area contributed by atoms with Gasteiger partial charge >= 0.3 is 0 Å².